The first-order chi connectivity index (χ1) is 8.63. The number of amides is 2. The fourth-order valence-electron chi connectivity index (χ4n) is 1.25. The molecule has 1 aromatic carbocycles. The summed E-state index contributed by atoms with van der Waals surface area (Å²) in [5.41, 5.74) is 3.10. The van der Waals surface area contributed by atoms with Crippen LogP contribution in [0.4, 0.5) is 0 Å². The van der Waals surface area contributed by atoms with E-state index in [0.717, 1.165) is 10.6 Å². The van der Waals surface area contributed by atoms with Crippen LogP contribution in [0.1, 0.15) is 12.5 Å². The predicted octanol–water partition coefficient (Wildman–Crippen LogP) is 0.689. The normalized spacial score (nSPS) is 10.1. The van der Waals surface area contributed by atoms with Crippen molar-refractivity contribution in [1.82, 2.24) is 10.4 Å². The van der Waals surface area contributed by atoms with Crippen molar-refractivity contribution in [2.24, 2.45) is 0 Å². The van der Waals surface area contributed by atoms with Gasteiger partial charge in [0.15, 0.2) is 0 Å². The number of hydrogen-bond donors (Lipinski definition) is 1. The summed E-state index contributed by atoms with van der Waals surface area (Å²) < 4.78 is 0. The van der Waals surface area contributed by atoms with Gasteiger partial charge >= 0.3 is 0 Å². The molecule has 5 nitrogen and oxygen atoms in total. The molecule has 0 unspecified atom stereocenters. The van der Waals surface area contributed by atoms with E-state index in [1.54, 1.807) is 12.4 Å². The van der Waals surface area contributed by atoms with E-state index in [9.17, 15) is 14.4 Å². The summed E-state index contributed by atoms with van der Waals surface area (Å²) in [6, 6.07) is 9.21. The largest absolute Gasteiger partial charge is 0.289 e. The van der Waals surface area contributed by atoms with Gasteiger partial charge in [-0.25, -0.2) is 5.01 Å². The molecule has 0 atom stereocenters. The molecule has 0 spiro atoms. The SMILES string of the molecule is CC(=O)NN(C[C]=O)C(=O)C=Cc1ccccc1. The molecule has 1 N–H and O–H groups in total. The van der Waals surface area contributed by atoms with Crippen LogP contribution >= 0.6 is 0 Å². The van der Waals surface area contributed by atoms with E-state index in [1.165, 1.54) is 13.0 Å². The molecule has 1 aromatic rings. The first kappa shape index (κ1) is 13.6. The van der Waals surface area contributed by atoms with Crippen LogP contribution in [0.25, 0.3) is 6.08 Å². The van der Waals surface area contributed by atoms with E-state index >= 15 is 0 Å². The van der Waals surface area contributed by atoms with Crippen molar-refractivity contribution in [2.75, 3.05) is 6.54 Å². The zero-order valence-corrected chi connectivity index (χ0v) is 9.92. The molecular weight excluding hydrogens is 232 g/mol. The lowest BCUT2D eigenvalue weighted by Crippen LogP contribution is -2.45. The van der Waals surface area contributed by atoms with Gasteiger partial charge < -0.3 is 0 Å². The molecule has 0 saturated heterocycles. The zero-order valence-electron chi connectivity index (χ0n) is 9.92. The highest BCUT2D eigenvalue weighted by molar-refractivity contribution is 5.93. The maximum atomic E-state index is 11.7. The summed E-state index contributed by atoms with van der Waals surface area (Å²) in [7, 11) is 0. The zero-order chi connectivity index (χ0) is 13.4. The van der Waals surface area contributed by atoms with Crippen LogP contribution in [0.5, 0.6) is 0 Å². The summed E-state index contributed by atoms with van der Waals surface area (Å²) in [6.45, 7) is 0.948. The maximum Gasteiger partial charge on any atom is 0.265 e. The monoisotopic (exact) mass is 245 g/mol. The van der Waals surface area contributed by atoms with E-state index < -0.39 is 11.8 Å². The number of rotatable bonds is 4. The van der Waals surface area contributed by atoms with E-state index in [4.69, 9.17) is 0 Å². The molecule has 18 heavy (non-hydrogen) atoms. The minimum Gasteiger partial charge on any atom is -0.289 e. The third-order valence-corrected chi connectivity index (χ3v) is 2.00. The van der Waals surface area contributed by atoms with Crippen LogP contribution in [0.15, 0.2) is 36.4 Å². The maximum absolute atomic E-state index is 11.7. The van der Waals surface area contributed by atoms with Gasteiger partial charge in [-0.15, -0.1) is 0 Å². The third-order valence-electron chi connectivity index (χ3n) is 2.00. The first-order valence-corrected chi connectivity index (χ1v) is 5.30. The smallest absolute Gasteiger partial charge is 0.265 e. The lowest BCUT2D eigenvalue weighted by Gasteiger charge is -2.17. The van der Waals surface area contributed by atoms with E-state index in [2.05, 4.69) is 5.43 Å². The molecule has 0 aliphatic heterocycles. The molecule has 0 aromatic heterocycles. The Morgan fingerprint density at radius 2 is 2.00 bits per heavy atom. The van der Waals surface area contributed by atoms with Gasteiger partial charge in [-0.3, -0.25) is 19.8 Å². The van der Waals surface area contributed by atoms with Crippen molar-refractivity contribution in [1.29, 1.82) is 0 Å². The fourth-order valence-corrected chi connectivity index (χ4v) is 1.25. The van der Waals surface area contributed by atoms with Crippen molar-refractivity contribution in [3.8, 4) is 0 Å². The van der Waals surface area contributed by atoms with Crippen LogP contribution < -0.4 is 5.43 Å². The predicted molar refractivity (Wildman–Crippen MR) is 66.7 cm³/mol. The van der Waals surface area contributed by atoms with Gasteiger partial charge in [0.1, 0.15) is 6.54 Å². The van der Waals surface area contributed by atoms with Crippen molar-refractivity contribution < 1.29 is 14.4 Å². The van der Waals surface area contributed by atoms with Crippen molar-refractivity contribution in [2.45, 2.75) is 6.92 Å². The standard InChI is InChI=1S/C13H13N2O3/c1-11(17)14-15(9-10-16)13(18)8-7-12-5-3-2-4-6-12/h2-8H,9H2,1H3,(H,14,17). The Kier molecular flexibility index (Phi) is 5.31. The average Bonchev–Trinajstić information content (AvgIpc) is 2.36. The second-order valence-corrected chi connectivity index (χ2v) is 3.48. The minimum absolute atomic E-state index is 0.308. The molecule has 93 valence electrons. The van der Waals surface area contributed by atoms with Gasteiger partial charge in [0.05, 0.1) is 0 Å². The fraction of sp³-hybridized carbons (Fsp3) is 0.154. The minimum atomic E-state index is -0.489. The molecule has 0 saturated carbocycles. The number of nitrogens with zero attached hydrogens (tertiary/aromatic N) is 1. The highest BCUT2D eigenvalue weighted by Gasteiger charge is 2.11. The van der Waals surface area contributed by atoms with E-state index in [1.807, 2.05) is 30.3 Å². The number of hydrogen-bond acceptors (Lipinski definition) is 3. The molecule has 0 aliphatic rings. The number of carbonyl (C=O) groups is 2. The first-order valence-electron chi connectivity index (χ1n) is 5.30. The summed E-state index contributed by atoms with van der Waals surface area (Å²) in [4.78, 5) is 32.8. The number of hydrazine groups is 1. The highest BCUT2D eigenvalue weighted by atomic mass is 16.2. The third kappa shape index (κ3) is 4.61. The molecular formula is C13H13N2O3. The summed E-state index contributed by atoms with van der Waals surface area (Å²) in [5.74, 6) is -0.913. The molecule has 5 heteroatoms. The quantitative estimate of drug-likeness (QED) is 0.627. The Morgan fingerprint density at radius 3 is 2.56 bits per heavy atom. The molecule has 0 bridgehead atoms. The van der Waals surface area contributed by atoms with Gasteiger partial charge in [0, 0.05) is 13.0 Å². The van der Waals surface area contributed by atoms with Gasteiger partial charge in [-0.2, -0.15) is 0 Å². The van der Waals surface area contributed by atoms with Crippen molar-refractivity contribution in [3.05, 3.63) is 42.0 Å². The van der Waals surface area contributed by atoms with Gasteiger partial charge in [-0.1, -0.05) is 30.3 Å². The molecule has 2 amide bonds. The van der Waals surface area contributed by atoms with Gasteiger partial charge in [-0.05, 0) is 11.6 Å². The second-order valence-electron chi connectivity index (χ2n) is 3.48. The van der Waals surface area contributed by atoms with Crippen LogP contribution in [0, 0.1) is 0 Å². The van der Waals surface area contributed by atoms with Gasteiger partial charge in [0.2, 0.25) is 12.2 Å². The summed E-state index contributed by atoms with van der Waals surface area (Å²) in [5, 5.41) is 0.898. The second kappa shape index (κ2) is 7.01. The van der Waals surface area contributed by atoms with Gasteiger partial charge in [0.25, 0.3) is 5.91 Å². The lowest BCUT2D eigenvalue weighted by atomic mass is 10.2. The highest BCUT2D eigenvalue weighted by Crippen LogP contribution is 2.01. The molecule has 1 rings (SSSR count). The molecule has 0 aliphatic carbocycles. The Hall–Kier alpha value is -2.43. The molecule has 0 heterocycles. The lowest BCUT2D eigenvalue weighted by molar-refractivity contribution is -0.135. The molecule has 1 radical (unpaired) electrons. The Balaban J connectivity index is 2.69. The van der Waals surface area contributed by atoms with E-state index in [-0.39, 0.29) is 6.54 Å². The number of nitrogens with one attached hydrogen (secondary N) is 1. The van der Waals surface area contributed by atoms with Crippen molar-refractivity contribution in [3.63, 3.8) is 0 Å². The number of carbonyl (C=O) groups excluding carboxylic acids is 3. The Bertz CT molecular complexity index is 455. The topological polar surface area (TPSA) is 66.5 Å². The summed E-state index contributed by atoms with van der Waals surface area (Å²) in [6.07, 6.45) is 4.44. The van der Waals surface area contributed by atoms with Crippen LogP contribution in [-0.2, 0) is 14.4 Å². The molecule has 0 fully saturated rings. The Labute approximate surface area is 105 Å². The van der Waals surface area contributed by atoms with Crippen LogP contribution in [-0.4, -0.2) is 29.7 Å². The van der Waals surface area contributed by atoms with E-state index in [0.29, 0.717) is 0 Å². The average molecular weight is 245 g/mol. The number of benzene rings is 1. The van der Waals surface area contributed by atoms with Crippen molar-refractivity contribution >= 4 is 24.2 Å². The Morgan fingerprint density at radius 1 is 1.33 bits per heavy atom. The van der Waals surface area contributed by atoms with Crippen LogP contribution in [0.3, 0.4) is 0 Å². The summed E-state index contributed by atoms with van der Waals surface area (Å²) >= 11 is 0. The van der Waals surface area contributed by atoms with Crippen LogP contribution in [0.2, 0.25) is 0 Å².